The summed E-state index contributed by atoms with van der Waals surface area (Å²) in [4.78, 5) is 21.7. The fraction of sp³-hybridized carbons (Fsp3) is 0.312. The Labute approximate surface area is 127 Å². The van der Waals surface area contributed by atoms with E-state index in [9.17, 15) is 4.79 Å². The lowest BCUT2D eigenvalue weighted by Gasteiger charge is -2.28. The summed E-state index contributed by atoms with van der Waals surface area (Å²) in [6.45, 7) is 4.25. The Bertz CT molecular complexity index is 881. The van der Waals surface area contributed by atoms with E-state index in [4.69, 9.17) is 0 Å². The van der Waals surface area contributed by atoms with E-state index in [0.29, 0.717) is 18.1 Å². The molecule has 0 aliphatic carbocycles. The zero-order valence-corrected chi connectivity index (χ0v) is 12.4. The molecule has 3 heterocycles. The van der Waals surface area contributed by atoms with E-state index in [0.717, 1.165) is 30.8 Å². The van der Waals surface area contributed by atoms with Gasteiger partial charge in [-0.1, -0.05) is 30.3 Å². The fourth-order valence-electron chi connectivity index (χ4n) is 3.08. The Morgan fingerprint density at radius 3 is 2.91 bits per heavy atom. The minimum absolute atomic E-state index is 0.0485. The number of hydrogen-bond donors (Lipinski definition) is 1. The first-order valence-electron chi connectivity index (χ1n) is 7.44. The van der Waals surface area contributed by atoms with Crippen molar-refractivity contribution < 1.29 is 0 Å². The van der Waals surface area contributed by atoms with Crippen LogP contribution < -0.4 is 5.56 Å². The van der Waals surface area contributed by atoms with Gasteiger partial charge in [0.25, 0.3) is 5.56 Å². The molecule has 0 saturated carbocycles. The van der Waals surface area contributed by atoms with Gasteiger partial charge in [-0.2, -0.15) is 10.1 Å². The van der Waals surface area contributed by atoms with Crippen molar-refractivity contribution in [1.82, 2.24) is 24.5 Å². The Kier molecular flexibility index (Phi) is 3.04. The zero-order valence-electron chi connectivity index (χ0n) is 12.4. The summed E-state index contributed by atoms with van der Waals surface area (Å²) in [7, 11) is 0. The minimum Gasteiger partial charge on any atom is -0.294 e. The number of nitrogens with zero attached hydrogens (tertiary/aromatic N) is 4. The highest BCUT2D eigenvalue weighted by atomic mass is 16.1. The van der Waals surface area contributed by atoms with E-state index in [2.05, 4.69) is 32.1 Å². The SMILES string of the molecule is Cc1nc2[nH]c(=O)c3c(n2n1)CCN(Cc1ccccc1)C3. The van der Waals surface area contributed by atoms with Crippen LogP contribution in [0.1, 0.15) is 22.6 Å². The Morgan fingerprint density at radius 1 is 1.27 bits per heavy atom. The van der Waals surface area contributed by atoms with E-state index >= 15 is 0 Å². The zero-order chi connectivity index (χ0) is 15.1. The molecule has 6 heteroatoms. The number of nitrogens with one attached hydrogen (secondary N) is 1. The molecule has 0 spiro atoms. The van der Waals surface area contributed by atoms with Crippen LogP contribution in [0.5, 0.6) is 0 Å². The molecule has 22 heavy (non-hydrogen) atoms. The second-order valence-corrected chi connectivity index (χ2v) is 5.72. The van der Waals surface area contributed by atoms with Gasteiger partial charge in [0.05, 0.1) is 11.3 Å². The third kappa shape index (κ3) is 2.21. The molecule has 0 fully saturated rings. The number of hydrogen-bond acceptors (Lipinski definition) is 4. The summed E-state index contributed by atoms with van der Waals surface area (Å²) in [5, 5.41) is 4.39. The summed E-state index contributed by atoms with van der Waals surface area (Å²) in [6, 6.07) is 10.3. The van der Waals surface area contributed by atoms with E-state index in [1.165, 1.54) is 5.56 Å². The van der Waals surface area contributed by atoms with E-state index in [-0.39, 0.29) is 5.56 Å². The van der Waals surface area contributed by atoms with Crippen molar-refractivity contribution >= 4 is 5.78 Å². The third-order valence-electron chi connectivity index (χ3n) is 4.11. The standard InChI is InChI=1S/C16H17N5O/c1-11-17-16-18-15(22)13-10-20(8-7-14(13)21(16)19-11)9-12-5-3-2-4-6-12/h2-6H,7-10H2,1H3,(H,17,18,19,22). The molecule has 2 aromatic heterocycles. The molecule has 0 bridgehead atoms. The van der Waals surface area contributed by atoms with Crippen LogP contribution in [0.2, 0.25) is 0 Å². The summed E-state index contributed by atoms with van der Waals surface area (Å²) in [5.74, 6) is 1.22. The van der Waals surface area contributed by atoms with Gasteiger partial charge in [-0.25, -0.2) is 4.52 Å². The largest absolute Gasteiger partial charge is 0.294 e. The highest BCUT2D eigenvalue weighted by molar-refractivity contribution is 5.34. The molecular formula is C16H17N5O. The third-order valence-corrected chi connectivity index (χ3v) is 4.11. The predicted octanol–water partition coefficient (Wildman–Crippen LogP) is 1.28. The summed E-state index contributed by atoms with van der Waals surface area (Å²) >= 11 is 0. The number of rotatable bonds is 2. The predicted molar refractivity (Wildman–Crippen MR) is 82.6 cm³/mol. The van der Waals surface area contributed by atoms with Crippen molar-refractivity contribution in [3.05, 3.63) is 63.3 Å². The maximum absolute atomic E-state index is 12.3. The van der Waals surface area contributed by atoms with Crippen LogP contribution in [0.4, 0.5) is 0 Å². The van der Waals surface area contributed by atoms with Gasteiger partial charge in [-0.05, 0) is 12.5 Å². The molecule has 4 rings (SSSR count). The molecule has 6 nitrogen and oxygen atoms in total. The van der Waals surface area contributed by atoms with Crippen molar-refractivity contribution in [1.29, 1.82) is 0 Å². The number of aromatic nitrogens is 4. The summed E-state index contributed by atoms with van der Waals surface area (Å²) in [5.41, 5.74) is 3.01. The molecule has 0 radical (unpaired) electrons. The molecule has 0 saturated heterocycles. The molecule has 1 N–H and O–H groups in total. The lowest BCUT2D eigenvalue weighted by atomic mass is 10.1. The van der Waals surface area contributed by atoms with Crippen LogP contribution in [0.15, 0.2) is 35.1 Å². The lowest BCUT2D eigenvalue weighted by molar-refractivity contribution is 0.240. The van der Waals surface area contributed by atoms with Crippen LogP contribution in [0.25, 0.3) is 5.78 Å². The average molecular weight is 295 g/mol. The number of benzene rings is 1. The second-order valence-electron chi connectivity index (χ2n) is 5.72. The number of aryl methyl sites for hydroxylation is 1. The molecule has 1 aliphatic rings. The first-order chi connectivity index (χ1) is 10.7. The van der Waals surface area contributed by atoms with Crippen LogP contribution in [-0.2, 0) is 19.5 Å². The molecule has 1 aromatic carbocycles. The van der Waals surface area contributed by atoms with Gasteiger partial charge in [-0.15, -0.1) is 0 Å². The lowest BCUT2D eigenvalue weighted by Crippen LogP contribution is -2.36. The first kappa shape index (κ1) is 13.2. The van der Waals surface area contributed by atoms with Crippen LogP contribution in [0, 0.1) is 6.92 Å². The van der Waals surface area contributed by atoms with Gasteiger partial charge in [0.2, 0.25) is 5.78 Å². The summed E-state index contributed by atoms with van der Waals surface area (Å²) < 4.78 is 1.78. The van der Waals surface area contributed by atoms with Crippen LogP contribution >= 0.6 is 0 Å². The van der Waals surface area contributed by atoms with Gasteiger partial charge < -0.3 is 0 Å². The highest BCUT2D eigenvalue weighted by Crippen LogP contribution is 2.18. The molecule has 1 aliphatic heterocycles. The molecule has 3 aromatic rings. The number of H-pyrrole nitrogens is 1. The van der Waals surface area contributed by atoms with Gasteiger partial charge in [0.1, 0.15) is 5.82 Å². The van der Waals surface area contributed by atoms with Gasteiger partial charge in [0.15, 0.2) is 0 Å². The molecule has 112 valence electrons. The Hall–Kier alpha value is -2.47. The van der Waals surface area contributed by atoms with Crippen molar-refractivity contribution in [3.63, 3.8) is 0 Å². The number of aromatic amines is 1. The van der Waals surface area contributed by atoms with Gasteiger partial charge >= 0.3 is 0 Å². The van der Waals surface area contributed by atoms with Crippen molar-refractivity contribution in [2.24, 2.45) is 0 Å². The smallest absolute Gasteiger partial charge is 0.257 e. The maximum Gasteiger partial charge on any atom is 0.257 e. The van der Waals surface area contributed by atoms with Gasteiger partial charge in [0, 0.05) is 26.1 Å². The second kappa shape index (κ2) is 5.06. The average Bonchev–Trinajstić information content (AvgIpc) is 2.89. The molecule has 0 amide bonds. The van der Waals surface area contributed by atoms with E-state index in [1.807, 2.05) is 25.1 Å². The topological polar surface area (TPSA) is 66.3 Å². The molecular weight excluding hydrogens is 278 g/mol. The van der Waals surface area contributed by atoms with Crippen LogP contribution in [0.3, 0.4) is 0 Å². The summed E-state index contributed by atoms with van der Waals surface area (Å²) in [6.07, 6.45) is 0.811. The fourth-order valence-corrected chi connectivity index (χ4v) is 3.08. The maximum atomic E-state index is 12.3. The minimum atomic E-state index is -0.0485. The number of fused-ring (bicyclic) bond motifs is 3. The van der Waals surface area contributed by atoms with Crippen molar-refractivity contribution in [2.45, 2.75) is 26.4 Å². The van der Waals surface area contributed by atoms with Crippen LogP contribution in [-0.4, -0.2) is 31.0 Å². The Balaban J connectivity index is 1.68. The van der Waals surface area contributed by atoms with Crippen molar-refractivity contribution in [3.8, 4) is 0 Å². The van der Waals surface area contributed by atoms with Crippen molar-refractivity contribution in [2.75, 3.05) is 6.54 Å². The van der Waals surface area contributed by atoms with E-state index in [1.54, 1.807) is 4.52 Å². The monoisotopic (exact) mass is 295 g/mol. The normalized spacial score (nSPS) is 15.1. The first-order valence-corrected chi connectivity index (χ1v) is 7.44. The molecule has 0 unspecified atom stereocenters. The Morgan fingerprint density at radius 2 is 2.09 bits per heavy atom. The molecule has 0 atom stereocenters. The quantitative estimate of drug-likeness (QED) is 0.773. The highest BCUT2D eigenvalue weighted by Gasteiger charge is 2.23. The van der Waals surface area contributed by atoms with Gasteiger partial charge in [-0.3, -0.25) is 14.7 Å². The van der Waals surface area contributed by atoms with E-state index < -0.39 is 0 Å².